The Bertz CT molecular complexity index is 211. The molecular weight excluding hydrogens is 170 g/mol. The molecule has 0 aliphatic heterocycles. The summed E-state index contributed by atoms with van der Waals surface area (Å²) in [4.78, 5) is 10.1. The van der Waals surface area contributed by atoms with E-state index in [1.165, 1.54) is 0 Å². The van der Waals surface area contributed by atoms with Crippen LogP contribution < -0.4 is 0 Å². The highest BCUT2D eigenvalue weighted by Crippen LogP contribution is 1.94. The van der Waals surface area contributed by atoms with Gasteiger partial charge in [0.05, 0.1) is 6.26 Å². The van der Waals surface area contributed by atoms with Gasteiger partial charge in [0, 0.05) is 13.2 Å². The Morgan fingerprint density at radius 3 is 2.36 bits per heavy atom. The summed E-state index contributed by atoms with van der Waals surface area (Å²) in [6.07, 6.45) is 1.45. The van der Waals surface area contributed by atoms with Gasteiger partial charge in [-0.15, -0.1) is 0 Å². The van der Waals surface area contributed by atoms with Crippen molar-refractivity contribution in [1.82, 2.24) is 4.31 Å². The highest BCUT2D eigenvalue weighted by Gasteiger charge is 2.11. The third kappa shape index (κ3) is 3.94. The lowest BCUT2D eigenvalue weighted by Crippen LogP contribution is -2.29. The SMILES string of the molecule is CS(=O)(=O)N(C=O)CCCO. The van der Waals surface area contributed by atoms with E-state index in [0.29, 0.717) is 4.31 Å². The molecule has 0 aliphatic carbocycles. The average Bonchev–Trinajstić information content (AvgIpc) is 1.87. The summed E-state index contributed by atoms with van der Waals surface area (Å²) in [5, 5.41) is 8.34. The molecule has 1 amide bonds. The van der Waals surface area contributed by atoms with Crippen molar-refractivity contribution >= 4 is 16.4 Å². The fourth-order valence-corrected chi connectivity index (χ4v) is 1.14. The molecule has 0 heterocycles. The average molecular weight is 181 g/mol. The van der Waals surface area contributed by atoms with Gasteiger partial charge < -0.3 is 5.11 Å². The lowest BCUT2D eigenvalue weighted by molar-refractivity contribution is -0.114. The van der Waals surface area contributed by atoms with Crippen LogP contribution in [0, 0.1) is 0 Å². The van der Waals surface area contributed by atoms with Crippen molar-refractivity contribution in [2.45, 2.75) is 6.42 Å². The monoisotopic (exact) mass is 181 g/mol. The first-order chi connectivity index (χ1) is 5.02. The number of rotatable bonds is 5. The molecule has 0 radical (unpaired) electrons. The van der Waals surface area contributed by atoms with Crippen molar-refractivity contribution < 1.29 is 18.3 Å². The van der Waals surface area contributed by atoms with E-state index in [4.69, 9.17) is 5.11 Å². The minimum absolute atomic E-state index is 0.0405. The Morgan fingerprint density at radius 1 is 1.55 bits per heavy atom. The van der Waals surface area contributed by atoms with Gasteiger partial charge >= 0.3 is 0 Å². The van der Waals surface area contributed by atoms with Gasteiger partial charge in [-0.05, 0) is 6.42 Å². The van der Waals surface area contributed by atoms with Crippen LogP contribution in [0.4, 0.5) is 0 Å². The van der Waals surface area contributed by atoms with Gasteiger partial charge in [-0.25, -0.2) is 12.7 Å². The number of aliphatic hydroxyl groups is 1. The molecule has 0 saturated carbocycles. The third-order valence-corrected chi connectivity index (χ3v) is 2.20. The van der Waals surface area contributed by atoms with Crippen molar-refractivity contribution in [2.75, 3.05) is 19.4 Å². The second kappa shape index (κ2) is 4.30. The molecule has 0 rings (SSSR count). The summed E-state index contributed by atoms with van der Waals surface area (Å²) in [6, 6.07) is 0. The van der Waals surface area contributed by atoms with Crippen LogP contribution in [0.15, 0.2) is 0 Å². The second-order valence-corrected chi connectivity index (χ2v) is 3.99. The smallest absolute Gasteiger partial charge is 0.234 e. The normalized spacial score (nSPS) is 11.1. The summed E-state index contributed by atoms with van der Waals surface area (Å²) in [6.45, 7) is -0.0846. The highest BCUT2D eigenvalue weighted by atomic mass is 32.2. The van der Waals surface area contributed by atoms with E-state index in [-0.39, 0.29) is 26.0 Å². The summed E-state index contributed by atoms with van der Waals surface area (Å²) in [5.41, 5.74) is 0. The van der Waals surface area contributed by atoms with Gasteiger partial charge in [0.1, 0.15) is 0 Å². The van der Waals surface area contributed by atoms with Gasteiger partial charge in [0.2, 0.25) is 16.4 Å². The highest BCUT2D eigenvalue weighted by molar-refractivity contribution is 7.88. The molecule has 0 aromatic heterocycles. The van der Waals surface area contributed by atoms with Crippen LogP contribution in [0.2, 0.25) is 0 Å². The first kappa shape index (κ1) is 10.4. The number of amides is 1. The summed E-state index contributed by atoms with van der Waals surface area (Å²) in [7, 11) is -3.43. The molecule has 1 N–H and O–H groups in total. The molecule has 0 aromatic carbocycles. The standard InChI is InChI=1S/C5H11NO4S/c1-11(9,10)6(5-8)3-2-4-7/h5,7H,2-4H2,1H3. The molecule has 11 heavy (non-hydrogen) atoms. The zero-order valence-corrected chi connectivity index (χ0v) is 7.04. The number of aliphatic hydroxyl groups excluding tert-OH is 1. The van der Waals surface area contributed by atoms with Crippen molar-refractivity contribution in [3.63, 3.8) is 0 Å². The lowest BCUT2D eigenvalue weighted by Gasteiger charge is -2.12. The Hall–Kier alpha value is -0.620. The third-order valence-electron chi connectivity index (χ3n) is 1.08. The van der Waals surface area contributed by atoms with Crippen LogP contribution in [0.3, 0.4) is 0 Å². The van der Waals surface area contributed by atoms with Crippen LogP contribution in [0.1, 0.15) is 6.42 Å². The molecule has 5 nitrogen and oxygen atoms in total. The fraction of sp³-hybridized carbons (Fsp3) is 0.800. The predicted octanol–water partition coefficient (Wildman–Crippen LogP) is -1.21. The van der Waals surface area contributed by atoms with Gasteiger partial charge in [-0.2, -0.15) is 0 Å². The first-order valence-corrected chi connectivity index (χ1v) is 4.90. The van der Waals surface area contributed by atoms with Crippen LogP contribution in [0.5, 0.6) is 0 Å². The van der Waals surface area contributed by atoms with E-state index in [2.05, 4.69) is 0 Å². The van der Waals surface area contributed by atoms with E-state index in [0.717, 1.165) is 6.26 Å². The molecular formula is C5H11NO4S. The minimum atomic E-state index is -3.43. The zero-order valence-electron chi connectivity index (χ0n) is 6.23. The molecule has 0 aliphatic rings. The number of nitrogens with zero attached hydrogens (tertiary/aromatic N) is 1. The first-order valence-electron chi connectivity index (χ1n) is 3.05. The molecule has 0 spiro atoms. The maximum absolute atomic E-state index is 10.7. The number of hydrogen-bond donors (Lipinski definition) is 1. The van der Waals surface area contributed by atoms with E-state index in [1.807, 2.05) is 0 Å². The molecule has 0 unspecified atom stereocenters. The second-order valence-electron chi connectivity index (χ2n) is 2.06. The van der Waals surface area contributed by atoms with Gasteiger partial charge in [-0.1, -0.05) is 0 Å². The van der Waals surface area contributed by atoms with Gasteiger partial charge in [-0.3, -0.25) is 4.79 Å². The molecule has 0 bridgehead atoms. The fourth-order valence-electron chi connectivity index (χ4n) is 0.523. The Kier molecular flexibility index (Phi) is 4.06. The topological polar surface area (TPSA) is 74.7 Å². The zero-order chi connectivity index (χ0) is 8.91. The van der Waals surface area contributed by atoms with Gasteiger partial charge in [0.15, 0.2) is 0 Å². The quantitative estimate of drug-likeness (QED) is 0.540. The van der Waals surface area contributed by atoms with E-state index < -0.39 is 10.0 Å². The molecule has 0 saturated heterocycles. The largest absolute Gasteiger partial charge is 0.396 e. The maximum atomic E-state index is 10.7. The molecule has 6 heteroatoms. The minimum Gasteiger partial charge on any atom is -0.396 e. The van der Waals surface area contributed by atoms with Crippen LogP contribution in [-0.4, -0.2) is 43.6 Å². The van der Waals surface area contributed by atoms with Crippen molar-refractivity contribution in [1.29, 1.82) is 0 Å². The number of carbonyl (C=O) groups excluding carboxylic acids is 1. The molecule has 0 atom stereocenters. The van der Waals surface area contributed by atoms with Crippen LogP contribution >= 0.6 is 0 Å². The van der Waals surface area contributed by atoms with E-state index >= 15 is 0 Å². The lowest BCUT2D eigenvalue weighted by atomic mass is 10.5. The van der Waals surface area contributed by atoms with E-state index in [9.17, 15) is 13.2 Å². The van der Waals surface area contributed by atoms with Crippen LogP contribution in [0.25, 0.3) is 0 Å². The molecule has 0 fully saturated rings. The van der Waals surface area contributed by atoms with Gasteiger partial charge in [0.25, 0.3) is 0 Å². The number of carbonyl (C=O) groups is 1. The van der Waals surface area contributed by atoms with Crippen molar-refractivity contribution in [3.05, 3.63) is 0 Å². The maximum Gasteiger partial charge on any atom is 0.234 e. The Balaban J connectivity index is 4.08. The molecule has 66 valence electrons. The molecule has 0 aromatic rings. The summed E-state index contributed by atoms with van der Waals surface area (Å²) >= 11 is 0. The Labute approximate surface area is 65.7 Å². The Morgan fingerprint density at radius 2 is 2.09 bits per heavy atom. The van der Waals surface area contributed by atoms with E-state index in [1.54, 1.807) is 0 Å². The number of sulfonamides is 1. The van der Waals surface area contributed by atoms with Crippen molar-refractivity contribution in [3.8, 4) is 0 Å². The number of hydrogen-bond acceptors (Lipinski definition) is 4. The van der Waals surface area contributed by atoms with Crippen molar-refractivity contribution in [2.24, 2.45) is 0 Å². The van der Waals surface area contributed by atoms with Crippen LogP contribution in [-0.2, 0) is 14.8 Å². The summed E-state index contributed by atoms with van der Waals surface area (Å²) in [5.74, 6) is 0. The summed E-state index contributed by atoms with van der Waals surface area (Å²) < 4.78 is 22.0. The predicted molar refractivity (Wildman–Crippen MR) is 39.3 cm³/mol.